The molecule has 0 amide bonds. The van der Waals surface area contributed by atoms with Gasteiger partial charge in [0, 0.05) is 0 Å². The molecular weight excluding hydrogens is 180 g/mol. The number of rotatable bonds is 6. The molecule has 1 unspecified atom stereocenters. The van der Waals surface area contributed by atoms with E-state index in [4.69, 9.17) is 0 Å². The van der Waals surface area contributed by atoms with Crippen molar-refractivity contribution in [2.24, 2.45) is 5.92 Å². The first-order valence-corrected chi connectivity index (χ1v) is 6.10. The van der Waals surface area contributed by atoms with Crippen LogP contribution in [0, 0.1) is 5.92 Å². The maximum atomic E-state index is 3.83. The highest BCUT2D eigenvalue weighted by molar-refractivity contribution is 5.29. The lowest BCUT2D eigenvalue weighted by atomic mass is 9.96. The summed E-state index contributed by atoms with van der Waals surface area (Å²) in [4.78, 5) is 0. The highest BCUT2D eigenvalue weighted by atomic mass is 14.1. The van der Waals surface area contributed by atoms with Crippen LogP contribution in [-0.4, -0.2) is 0 Å². The van der Waals surface area contributed by atoms with Crippen molar-refractivity contribution in [2.45, 2.75) is 53.9 Å². The summed E-state index contributed by atoms with van der Waals surface area (Å²) in [6.07, 6.45) is 7.52. The van der Waals surface area contributed by atoms with E-state index in [2.05, 4.69) is 33.9 Å². The van der Waals surface area contributed by atoms with Gasteiger partial charge in [0.1, 0.15) is 0 Å². The highest BCUT2D eigenvalue weighted by Gasteiger charge is 2.01. The molecule has 0 aliphatic heterocycles. The van der Waals surface area contributed by atoms with Gasteiger partial charge in [0.15, 0.2) is 0 Å². The molecule has 0 heterocycles. The predicted molar refractivity (Wildman–Crippen MR) is 73.1 cm³/mol. The smallest absolute Gasteiger partial charge is 0.0274 e. The van der Waals surface area contributed by atoms with Gasteiger partial charge in [-0.25, -0.2) is 0 Å². The van der Waals surface area contributed by atoms with Gasteiger partial charge < -0.3 is 0 Å². The normalized spacial score (nSPS) is 13.1. The minimum absolute atomic E-state index is 0.813. The van der Waals surface area contributed by atoms with Crippen molar-refractivity contribution in [3.8, 4) is 0 Å². The van der Waals surface area contributed by atoms with E-state index < -0.39 is 0 Å². The Morgan fingerprint density at radius 2 is 1.73 bits per heavy atom. The zero-order valence-corrected chi connectivity index (χ0v) is 11.3. The first-order chi connectivity index (χ1) is 7.15. The topological polar surface area (TPSA) is 0 Å². The summed E-state index contributed by atoms with van der Waals surface area (Å²) in [6.45, 7) is 18.2. The van der Waals surface area contributed by atoms with Gasteiger partial charge in [-0.15, -0.1) is 0 Å². The average Bonchev–Trinajstić information content (AvgIpc) is 2.31. The van der Waals surface area contributed by atoms with Crippen LogP contribution in [0.25, 0.3) is 0 Å². The maximum absolute atomic E-state index is 3.83. The molecule has 0 aromatic heterocycles. The Bertz CT molecular complexity index is 196. The third-order valence-electron chi connectivity index (χ3n) is 2.66. The van der Waals surface area contributed by atoms with Crippen LogP contribution < -0.4 is 0 Å². The van der Waals surface area contributed by atoms with E-state index >= 15 is 0 Å². The van der Waals surface area contributed by atoms with E-state index in [0.717, 1.165) is 12.3 Å². The van der Waals surface area contributed by atoms with Crippen LogP contribution in [0.5, 0.6) is 0 Å². The molecule has 0 aromatic rings. The molecule has 0 nitrogen and oxygen atoms in total. The van der Waals surface area contributed by atoms with Crippen LogP contribution in [0.15, 0.2) is 36.5 Å². The van der Waals surface area contributed by atoms with E-state index in [1.165, 1.54) is 24.0 Å². The SMILES string of the molecule is C=C/C(C)=C(\C=C)CCC(C)CC.CC. The van der Waals surface area contributed by atoms with Crippen molar-refractivity contribution in [2.75, 3.05) is 0 Å². The molecule has 0 aliphatic rings. The second-order valence-corrected chi connectivity index (χ2v) is 3.67. The molecule has 1 atom stereocenters. The van der Waals surface area contributed by atoms with E-state index in [1.54, 1.807) is 0 Å². The van der Waals surface area contributed by atoms with Crippen molar-refractivity contribution in [1.29, 1.82) is 0 Å². The van der Waals surface area contributed by atoms with Gasteiger partial charge in [-0.05, 0) is 36.8 Å². The fourth-order valence-electron chi connectivity index (χ4n) is 1.20. The van der Waals surface area contributed by atoms with Gasteiger partial charge in [-0.2, -0.15) is 0 Å². The van der Waals surface area contributed by atoms with E-state index in [0.29, 0.717) is 0 Å². The van der Waals surface area contributed by atoms with Crippen molar-refractivity contribution < 1.29 is 0 Å². The van der Waals surface area contributed by atoms with E-state index in [-0.39, 0.29) is 0 Å². The van der Waals surface area contributed by atoms with Gasteiger partial charge in [-0.1, -0.05) is 59.4 Å². The Balaban J connectivity index is 0. The number of hydrogen-bond acceptors (Lipinski definition) is 0. The molecule has 0 heteroatoms. The Kier molecular flexibility index (Phi) is 12.5. The van der Waals surface area contributed by atoms with Gasteiger partial charge >= 0.3 is 0 Å². The van der Waals surface area contributed by atoms with Gasteiger partial charge in [0.05, 0.1) is 0 Å². The molecule has 88 valence electrons. The van der Waals surface area contributed by atoms with E-state index in [1.807, 2.05) is 26.0 Å². The van der Waals surface area contributed by atoms with E-state index in [9.17, 15) is 0 Å². The monoisotopic (exact) mass is 208 g/mol. The zero-order chi connectivity index (χ0) is 12.3. The molecule has 0 bridgehead atoms. The molecule has 0 aliphatic carbocycles. The van der Waals surface area contributed by atoms with Crippen molar-refractivity contribution in [1.82, 2.24) is 0 Å². The first kappa shape index (κ1) is 16.6. The molecule has 0 aromatic carbocycles. The molecule has 0 saturated heterocycles. The van der Waals surface area contributed by atoms with Crippen LogP contribution in [0.1, 0.15) is 53.9 Å². The summed E-state index contributed by atoms with van der Waals surface area (Å²) in [6, 6.07) is 0. The molecule has 0 saturated carbocycles. The van der Waals surface area contributed by atoms with Crippen LogP contribution in [0.4, 0.5) is 0 Å². The molecule has 0 N–H and O–H groups in total. The lowest BCUT2D eigenvalue weighted by molar-refractivity contribution is 0.517. The Hall–Kier alpha value is -0.780. The van der Waals surface area contributed by atoms with Crippen LogP contribution in [0.3, 0.4) is 0 Å². The third-order valence-corrected chi connectivity index (χ3v) is 2.66. The summed E-state index contributed by atoms with van der Waals surface area (Å²) < 4.78 is 0. The molecule has 0 fully saturated rings. The Labute approximate surface area is 96.8 Å². The molecule has 0 rings (SSSR count). The summed E-state index contributed by atoms with van der Waals surface area (Å²) in [5.74, 6) is 0.813. The van der Waals surface area contributed by atoms with Crippen LogP contribution >= 0.6 is 0 Å². The minimum atomic E-state index is 0.813. The summed E-state index contributed by atoms with van der Waals surface area (Å²) in [5, 5.41) is 0. The molecule has 15 heavy (non-hydrogen) atoms. The molecule has 0 radical (unpaired) electrons. The van der Waals surface area contributed by atoms with Crippen molar-refractivity contribution in [3.63, 3.8) is 0 Å². The number of allylic oxidation sites excluding steroid dienone is 4. The first-order valence-electron chi connectivity index (χ1n) is 6.10. The second kappa shape index (κ2) is 11.3. The maximum Gasteiger partial charge on any atom is -0.0274 e. The molecule has 0 spiro atoms. The van der Waals surface area contributed by atoms with Gasteiger partial charge in [0.25, 0.3) is 0 Å². The standard InChI is InChI=1S/C13H22.C2H6/c1-6-11(4)9-10-13(8-3)12(5)7-2;1-2/h7-8,11H,2-3,6,9-10H2,1,4-5H3;1-2H3/b13-12+;. The number of hydrogen-bond donors (Lipinski definition) is 0. The third kappa shape index (κ3) is 8.23. The lowest BCUT2D eigenvalue weighted by Crippen LogP contribution is -1.93. The Morgan fingerprint density at radius 3 is 2.07 bits per heavy atom. The minimum Gasteiger partial charge on any atom is -0.0988 e. The summed E-state index contributed by atoms with van der Waals surface area (Å²) in [5.41, 5.74) is 2.61. The highest BCUT2D eigenvalue weighted by Crippen LogP contribution is 2.18. The van der Waals surface area contributed by atoms with Crippen molar-refractivity contribution >= 4 is 0 Å². The van der Waals surface area contributed by atoms with Gasteiger partial charge in [0.2, 0.25) is 0 Å². The average molecular weight is 208 g/mol. The summed E-state index contributed by atoms with van der Waals surface area (Å²) >= 11 is 0. The summed E-state index contributed by atoms with van der Waals surface area (Å²) in [7, 11) is 0. The second-order valence-electron chi connectivity index (χ2n) is 3.67. The molecular formula is C15H28. The van der Waals surface area contributed by atoms with Crippen molar-refractivity contribution in [3.05, 3.63) is 36.5 Å². The fourth-order valence-corrected chi connectivity index (χ4v) is 1.20. The zero-order valence-electron chi connectivity index (χ0n) is 11.3. The fraction of sp³-hybridized carbons (Fsp3) is 0.600. The Morgan fingerprint density at radius 1 is 1.20 bits per heavy atom. The predicted octanol–water partition coefficient (Wildman–Crippen LogP) is 5.53. The quantitative estimate of drug-likeness (QED) is 0.504. The lowest BCUT2D eigenvalue weighted by Gasteiger charge is -2.09. The van der Waals surface area contributed by atoms with Crippen LogP contribution in [-0.2, 0) is 0 Å². The van der Waals surface area contributed by atoms with Crippen LogP contribution in [0.2, 0.25) is 0 Å². The van der Waals surface area contributed by atoms with Gasteiger partial charge in [-0.3, -0.25) is 0 Å². The largest absolute Gasteiger partial charge is 0.0988 e.